The number of aryl methyl sites for hydroxylation is 3. The lowest BCUT2D eigenvalue weighted by molar-refractivity contribution is 0.00578. The SMILES string of the molecule is CCc1nc2c(C)cc(C)nc2n1Cc1ccc(-c2cc(B3OC(C)(C)C(C)(C)O3)ccc2C#N)cc1. The molecule has 0 amide bonds. The first-order chi connectivity index (χ1) is 17.5. The number of pyridine rings is 1. The Hall–Kier alpha value is -3.47. The van der Waals surface area contributed by atoms with Crippen LogP contribution in [0.4, 0.5) is 0 Å². The summed E-state index contributed by atoms with van der Waals surface area (Å²) in [6.07, 6.45) is 0.837. The average Bonchev–Trinajstić information content (AvgIpc) is 3.31. The number of nitriles is 1. The summed E-state index contributed by atoms with van der Waals surface area (Å²) >= 11 is 0. The molecule has 0 saturated carbocycles. The molecular formula is C30H33BN4O2. The molecule has 0 unspecified atom stereocenters. The van der Waals surface area contributed by atoms with Crippen LogP contribution < -0.4 is 5.46 Å². The van der Waals surface area contributed by atoms with Crippen molar-refractivity contribution >= 4 is 23.7 Å². The Balaban J connectivity index is 1.47. The third kappa shape index (κ3) is 4.45. The van der Waals surface area contributed by atoms with Crippen molar-refractivity contribution in [2.45, 2.75) is 72.6 Å². The lowest BCUT2D eigenvalue weighted by atomic mass is 9.77. The molecule has 0 aliphatic carbocycles. The molecular weight excluding hydrogens is 459 g/mol. The number of imidazole rings is 1. The molecule has 4 aromatic rings. The number of aromatic nitrogens is 3. The van der Waals surface area contributed by atoms with E-state index >= 15 is 0 Å². The summed E-state index contributed by atoms with van der Waals surface area (Å²) in [5, 5.41) is 9.80. The highest BCUT2D eigenvalue weighted by atomic mass is 16.7. The van der Waals surface area contributed by atoms with Gasteiger partial charge in [-0.1, -0.05) is 43.3 Å². The first kappa shape index (κ1) is 25.2. The van der Waals surface area contributed by atoms with Crippen LogP contribution in [0.2, 0.25) is 0 Å². The van der Waals surface area contributed by atoms with Crippen molar-refractivity contribution in [3.63, 3.8) is 0 Å². The third-order valence-corrected chi connectivity index (χ3v) is 7.71. The minimum Gasteiger partial charge on any atom is -0.399 e. The van der Waals surface area contributed by atoms with Gasteiger partial charge in [0.1, 0.15) is 11.3 Å². The first-order valence-corrected chi connectivity index (χ1v) is 12.9. The molecule has 188 valence electrons. The van der Waals surface area contributed by atoms with Gasteiger partial charge in [-0.2, -0.15) is 5.26 Å². The first-order valence-electron chi connectivity index (χ1n) is 12.9. The summed E-state index contributed by atoms with van der Waals surface area (Å²) in [6.45, 7) is 15.1. The standard InChI is InChI=1S/C30H33BN4O2/c1-8-26-34-27-19(2)15-20(3)33-28(27)35(26)18-21-9-11-22(12-10-21)25-16-24(14-13-23(25)17-32)31-36-29(4,5)30(6,7)37-31/h9-16H,8,18H2,1-7H3. The van der Waals surface area contributed by atoms with Gasteiger partial charge in [-0.15, -0.1) is 0 Å². The van der Waals surface area contributed by atoms with Gasteiger partial charge in [-0.3, -0.25) is 0 Å². The van der Waals surface area contributed by atoms with Crippen LogP contribution >= 0.6 is 0 Å². The maximum Gasteiger partial charge on any atom is 0.494 e. The van der Waals surface area contributed by atoms with Crippen LogP contribution in [-0.4, -0.2) is 32.9 Å². The number of nitrogens with zero attached hydrogens (tertiary/aromatic N) is 4. The van der Waals surface area contributed by atoms with Crippen LogP contribution in [0.3, 0.4) is 0 Å². The molecule has 6 nitrogen and oxygen atoms in total. The highest BCUT2D eigenvalue weighted by molar-refractivity contribution is 6.62. The molecule has 0 spiro atoms. The Morgan fingerprint density at radius 2 is 1.62 bits per heavy atom. The summed E-state index contributed by atoms with van der Waals surface area (Å²) in [5.74, 6) is 1.03. The zero-order valence-corrected chi connectivity index (χ0v) is 22.7. The molecule has 37 heavy (non-hydrogen) atoms. The highest BCUT2D eigenvalue weighted by Gasteiger charge is 2.51. The Labute approximate surface area is 219 Å². The van der Waals surface area contributed by atoms with E-state index in [1.807, 2.05) is 52.8 Å². The molecule has 2 aromatic heterocycles. The van der Waals surface area contributed by atoms with Gasteiger partial charge in [0.2, 0.25) is 0 Å². The van der Waals surface area contributed by atoms with E-state index in [2.05, 4.69) is 54.8 Å². The maximum absolute atomic E-state index is 9.80. The second kappa shape index (κ2) is 9.13. The fraction of sp³-hybridized carbons (Fsp3) is 0.367. The van der Waals surface area contributed by atoms with E-state index in [1.54, 1.807) is 0 Å². The normalized spacial score (nSPS) is 16.3. The number of fused-ring (bicyclic) bond motifs is 1. The van der Waals surface area contributed by atoms with Crippen molar-refractivity contribution in [3.05, 3.63) is 76.7 Å². The van der Waals surface area contributed by atoms with Crippen molar-refractivity contribution in [2.75, 3.05) is 0 Å². The van der Waals surface area contributed by atoms with E-state index in [9.17, 15) is 5.26 Å². The van der Waals surface area contributed by atoms with E-state index in [4.69, 9.17) is 19.3 Å². The minimum absolute atomic E-state index is 0.422. The van der Waals surface area contributed by atoms with Crippen LogP contribution in [0.25, 0.3) is 22.3 Å². The molecule has 0 atom stereocenters. The minimum atomic E-state index is -0.475. The lowest BCUT2D eigenvalue weighted by Gasteiger charge is -2.32. The summed E-state index contributed by atoms with van der Waals surface area (Å²) in [4.78, 5) is 9.66. The molecule has 0 N–H and O–H groups in total. The van der Waals surface area contributed by atoms with Gasteiger partial charge in [0, 0.05) is 12.1 Å². The maximum atomic E-state index is 9.80. The van der Waals surface area contributed by atoms with E-state index in [0.717, 1.165) is 56.8 Å². The predicted octanol–water partition coefficient (Wildman–Crippen LogP) is 5.50. The Morgan fingerprint density at radius 1 is 0.946 bits per heavy atom. The van der Waals surface area contributed by atoms with Crippen molar-refractivity contribution in [2.24, 2.45) is 0 Å². The van der Waals surface area contributed by atoms with Crippen molar-refractivity contribution in [3.8, 4) is 17.2 Å². The molecule has 1 fully saturated rings. The highest BCUT2D eigenvalue weighted by Crippen LogP contribution is 2.37. The van der Waals surface area contributed by atoms with Crippen LogP contribution in [0.1, 0.15) is 62.8 Å². The second-order valence-electron chi connectivity index (χ2n) is 10.9. The topological polar surface area (TPSA) is 73.0 Å². The summed E-state index contributed by atoms with van der Waals surface area (Å²) in [5.41, 5.74) is 7.74. The van der Waals surface area contributed by atoms with E-state index in [1.165, 1.54) is 0 Å². The third-order valence-electron chi connectivity index (χ3n) is 7.71. The van der Waals surface area contributed by atoms with Crippen LogP contribution in [0.5, 0.6) is 0 Å². The fourth-order valence-corrected chi connectivity index (χ4v) is 4.88. The van der Waals surface area contributed by atoms with Gasteiger partial charge in [-0.05, 0) is 81.4 Å². The number of hydrogen-bond donors (Lipinski definition) is 0. The lowest BCUT2D eigenvalue weighted by Crippen LogP contribution is -2.41. The Bertz CT molecular complexity index is 1510. The largest absolute Gasteiger partial charge is 0.494 e. The number of benzene rings is 2. The van der Waals surface area contributed by atoms with Gasteiger partial charge in [-0.25, -0.2) is 9.97 Å². The van der Waals surface area contributed by atoms with Crippen LogP contribution in [-0.2, 0) is 22.3 Å². The van der Waals surface area contributed by atoms with E-state index in [-0.39, 0.29) is 0 Å². The van der Waals surface area contributed by atoms with Crippen LogP contribution in [0, 0.1) is 25.2 Å². The predicted molar refractivity (Wildman–Crippen MR) is 148 cm³/mol. The van der Waals surface area contributed by atoms with Crippen molar-refractivity contribution < 1.29 is 9.31 Å². The summed E-state index contributed by atoms with van der Waals surface area (Å²) in [6, 6.07) is 18.6. The number of hydrogen-bond acceptors (Lipinski definition) is 5. The molecule has 0 radical (unpaired) electrons. The van der Waals surface area contributed by atoms with Gasteiger partial charge < -0.3 is 13.9 Å². The monoisotopic (exact) mass is 492 g/mol. The molecule has 1 aliphatic heterocycles. The van der Waals surface area contributed by atoms with Crippen molar-refractivity contribution in [1.82, 2.24) is 14.5 Å². The molecule has 1 saturated heterocycles. The molecule has 7 heteroatoms. The summed E-state index contributed by atoms with van der Waals surface area (Å²) < 4.78 is 14.7. The van der Waals surface area contributed by atoms with Gasteiger partial charge >= 0.3 is 7.12 Å². The molecule has 1 aliphatic rings. The second-order valence-corrected chi connectivity index (χ2v) is 10.9. The van der Waals surface area contributed by atoms with Crippen molar-refractivity contribution in [1.29, 1.82) is 5.26 Å². The van der Waals surface area contributed by atoms with E-state index in [0.29, 0.717) is 12.1 Å². The quantitative estimate of drug-likeness (QED) is 0.344. The fourth-order valence-electron chi connectivity index (χ4n) is 4.88. The molecule has 0 bridgehead atoms. The molecule has 2 aromatic carbocycles. The smallest absolute Gasteiger partial charge is 0.399 e. The molecule has 3 heterocycles. The Kier molecular flexibility index (Phi) is 6.22. The van der Waals surface area contributed by atoms with Gasteiger partial charge in [0.05, 0.1) is 29.4 Å². The number of rotatable bonds is 5. The zero-order chi connectivity index (χ0) is 26.5. The molecule has 5 rings (SSSR count). The average molecular weight is 492 g/mol. The van der Waals surface area contributed by atoms with Crippen LogP contribution in [0.15, 0.2) is 48.5 Å². The Morgan fingerprint density at radius 3 is 2.24 bits per heavy atom. The van der Waals surface area contributed by atoms with E-state index < -0.39 is 18.3 Å². The van der Waals surface area contributed by atoms with Gasteiger partial charge in [0.15, 0.2) is 5.65 Å². The zero-order valence-electron chi connectivity index (χ0n) is 22.7. The summed E-state index contributed by atoms with van der Waals surface area (Å²) in [7, 11) is -0.475. The van der Waals surface area contributed by atoms with Gasteiger partial charge in [0.25, 0.3) is 0 Å².